The van der Waals surface area contributed by atoms with Gasteiger partial charge in [-0.25, -0.2) is 4.98 Å². The smallest absolute Gasteiger partial charge is 0.275 e. The lowest BCUT2D eigenvalue weighted by atomic mass is 10.3. The van der Waals surface area contributed by atoms with Crippen molar-refractivity contribution in [3.63, 3.8) is 0 Å². The molecule has 0 spiro atoms. The molecule has 2 aromatic rings. The quantitative estimate of drug-likeness (QED) is 0.820. The molecule has 2 rings (SSSR count). The number of nitrogen functional groups attached to an aromatic ring is 1. The van der Waals surface area contributed by atoms with Crippen molar-refractivity contribution in [2.24, 2.45) is 7.05 Å². The van der Waals surface area contributed by atoms with Crippen LogP contribution in [0.4, 0.5) is 10.8 Å². The van der Waals surface area contributed by atoms with Crippen molar-refractivity contribution >= 4 is 28.1 Å². The van der Waals surface area contributed by atoms with Crippen LogP contribution in [0.1, 0.15) is 10.5 Å². The van der Waals surface area contributed by atoms with Crippen LogP contribution in [-0.2, 0) is 7.05 Å². The molecule has 6 nitrogen and oxygen atoms in total. The summed E-state index contributed by atoms with van der Waals surface area (Å²) in [6, 6.07) is 2.92. The second-order valence-electron chi connectivity index (χ2n) is 3.39. The fraction of sp³-hybridized carbons (Fsp3) is 0.100. The average Bonchev–Trinajstić information content (AvgIpc) is 2.70. The number of thiazole rings is 1. The van der Waals surface area contributed by atoms with Crippen LogP contribution < -0.4 is 16.6 Å². The van der Waals surface area contributed by atoms with Gasteiger partial charge in [0.2, 0.25) is 5.56 Å². The standard InChI is InChI=1S/C10H10N4O2S/c1-14-4-6(2-3-8(14)15)12-9(16)7-5-17-10(11)13-7/h2-5H,1H3,(H2,11,13)(H,12,16). The number of pyridine rings is 1. The van der Waals surface area contributed by atoms with Gasteiger partial charge in [0.05, 0.1) is 5.69 Å². The second kappa shape index (κ2) is 4.38. The Kier molecular flexibility index (Phi) is 2.92. The van der Waals surface area contributed by atoms with Gasteiger partial charge in [-0.2, -0.15) is 0 Å². The van der Waals surface area contributed by atoms with E-state index in [1.54, 1.807) is 12.4 Å². The second-order valence-corrected chi connectivity index (χ2v) is 4.28. The van der Waals surface area contributed by atoms with E-state index < -0.39 is 0 Å². The van der Waals surface area contributed by atoms with Crippen molar-refractivity contribution in [1.82, 2.24) is 9.55 Å². The number of aryl methyl sites for hydroxylation is 1. The average molecular weight is 250 g/mol. The molecule has 0 radical (unpaired) electrons. The van der Waals surface area contributed by atoms with Crippen molar-refractivity contribution in [2.75, 3.05) is 11.1 Å². The number of hydrogen-bond donors (Lipinski definition) is 2. The molecule has 0 aromatic carbocycles. The summed E-state index contributed by atoms with van der Waals surface area (Å²) in [6.45, 7) is 0. The zero-order valence-corrected chi connectivity index (χ0v) is 9.82. The molecule has 0 saturated heterocycles. The first-order chi connectivity index (χ1) is 8.06. The maximum atomic E-state index is 11.7. The number of carbonyl (C=O) groups excluding carboxylic acids is 1. The molecule has 0 bridgehead atoms. The van der Waals surface area contributed by atoms with E-state index in [0.29, 0.717) is 10.8 Å². The molecule has 88 valence electrons. The van der Waals surface area contributed by atoms with Crippen molar-refractivity contribution in [1.29, 1.82) is 0 Å². The van der Waals surface area contributed by atoms with E-state index in [4.69, 9.17) is 5.73 Å². The summed E-state index contributed by atoms with van der Waals surface area (Å²) in [7, 11) is 1.61. The van der Waals surface area contributed by atoms with Gasteiger partial charge < -0.3 is 15.6 Å². The summed E-state index contributed by atoms with van der Waals surface area (Å²) < 4.78 is 1.38. The molecule has 0 aliphatic heterocycles. The first-order valence-corrected chi connectivity index (χ1v) is 5.63. The van der Waals surface area contributed by atoms with Crippen molar-refractivity contribution in [3.8, 4) is 0 Å². The number of rotatable bonds is 2. The lowest BCUT2D eigenvalue weighted by Crippen LogP contribution is -2.18. The summed E-state index contributed by atoms with van der Waals surface area (Å²) in [5, 5.41) is 4.55. The number of nitrogens with two attached hydrogens (primary N) is 1. The van der Waals surface area contributed by atoms with Gasteiger partial charge in [-0.1, -0.05) is 0 Å². The lowest BCUT2D eigenvalue weighted by molar-refractivity contribution is 0.102. The van der Waals surface area contributed by atoms with E-state index in [-0.39, 0.29) is 17.2 Å². The first kappa shape index (κ1) is 11.3. The molecule has 0 aliphatic rings. The highest BCUT2D eigenvalue weighted by Gasteiger charge is 2.09. The van der Waals surface area contributed by atoms with Crippen molar-refractivity contribution < 1.29 is 4.79 Å². The molecular formula is C10H10N4O2S. The van der Waals surface area contributed by atoms with E-state index in [9.17, 15) is 9.59 Å². The first-order valence-electron chi connectivity index (χ1n) is 4.75. The Labute approximate surface area is 101 Å². The number of carbonyl (C=O) groups is 1. The van der Waals surface area contributed by atoms with Gasteiger partial charge in [0, 0.05) is 24.7 Å². The van der Waals surface area contributed by atoms with Crippen molar-refractivity contribution in [3.05, 3.63) is 39.8 Å². The van der Waals surface area contributed by atoms with Crippen LogP contribution >= 0.6 is 11.3 Å². The van der Waals surface area contributed by atoms with Crippen LogP contribution in [0, 0.1) is 0 Å². The maximum absolute atomic E-state index is 11.7. The van der Waals surface area contributed by atoms with E-state index in [1.165, 1.54) is 34.2 Å². The fourth-order valence-electron chi connectivity index (χ4n) is 1.25. The highest BCUT2D eigenvalue weighted by Crippen LogP contribution is 2.12. The van der Waals surface area contributed by atoms with E-state index in [0.717, 1.165) is 0 Å². The number of nitrogens with zero attached hydrogens (tertiary/aromatic N) is 2. The summed E-state index contributed by atoms with van der Waals surface area (Å²) >= 11 is 1.20. The Balaban J connectivity index is 2.18. The number of nitrogens with one attached hydrogen (secondary N) is 1. The van der Waals surface area contributed by atoms with Gasteiger partial charge in [-0.3, -0.25) is 9.59 Å². The van der Waals surface area contributed by atoms with Crippen LogP contribution in [0.2, 0.25) is 0 Å². The van der Waals surface area contributed by atoms with Gasteiger partial charge in [-0.05, 0) is 6.07 Å². The van der Waals surface area contributed by atoms with Crippen LogP contribution in [0.3, 0.4) is 0 Å². The zero-order chi connectivity index (χ0) is 12.4. The SMILES string of the molecule is Cn1cc(NC(=O)c2csc(N)n2)ccc1=O. The van der Waals surface area contributed by atoms with Gasteiger partial charge >= 0.3 is 0 Å². The Morgan fingerprint density at radius 3 is 2.88 bits per heavy atom. The van der Waals surface area contributed by atoms with Gasteiger partial charge in [0.1, 0.15) is 5.69 Å². The highest BCUT2D eigenvalue weighted by molar-refractivity contribution is 7.13. The van der Waals surface area contributed by atoms with E-state index >= 15 is 0 Å². The van der Waals surface area contributed by atoms with Gasteiger partial charge in [-0.15, -0.1) is 11.3 Å². The minimum Gasteiger partial charge on any atom is -0.375 e. The molecule has 0 aliphatic carbocycles. The monoisotopic (exact) mass is 250 g/mol. The van der Waals surface area contributed by atoms with Crippen LogP contribution in [0.15, 0.2) is 28.5 Å². The Bertz CT molecular complexity index is 617. The summed E-state index contributed by atoms with van der Waals surface area (Å²) in [4.78, 5) is 26.7. The van der Waals surface area contributed by atoms with Crippen molar-refractivity contribution in [2.45, 2.75) is 0 Å². The highest BCUT2D eigenvalue weighted by atomic mass is 32.1. The van der Waals surface area contributed by atoms with E-state index in [1.807, 2.05) is 0 Å². The minimum atomic E-state index is -0.350. The largest absolute Gasteiger partial charge is 0.375 e. The number of hydrogen-bond acceptors (Lipinski definition) is 5. The molecule has 2 heterocycles. The fourth-order valence-corrected chi connectivity index (χ4v) is 1.80. The van der Waals surface area contributed by atoms with Crippen LogP contribution in [-0.4, -0.2) is 15.5 Å². The summed E-state index contributed by atoms with van der Waals surface area (Å²) in [5.74, 6) is -0.350. The molecule has 0 fully saturated rings. The maximum Gasteiger partial charge on any atom is 0.275 e. The molecule has 0 saturated carbocycles. The predicted molar refractivity (Wildman–Crippen MR) is 66.2 cm³/mol. The van der Waals surface area contributed by atoms with Gasteiger partial charge in [0.25, 0.3) is 5.91 Å². The lowest BCUT2D eigenvalue weighted by Gasteiger charge is -2.04. The Morgan fingerprint density at radius 2 is 2.29 bits per heavy atom. The zero-order valence-electron chi connectivity index (χ0n) is 9.01. The van der Waals surface area contributed by atoms with Gasteiger partial charge in [0.15, 0.2) is 5.13 Å². The molecule has 7 heteroatoms. The summed E-state index contributed by atoms with van der Waals surface area (Å²) in [5.41, 5.74) is 6.09. The normalized spacial score (nSPS) is 10.2. The molecule has 0 atom stereocenters. The van der Waals surface area contributed by atoms with Crippen LogP contribution in [0.25, 0.3) is 0 Å². The number of aromatic nitrogens is 2. The minimum absolute atomic E-state index is 0.138. The molecule has 0 unspecified atom stereocenters. The predicted octanol–water partition coefficient (Wildman–Crippen LogP) is 0.676. The third kappa shape index (κ3) is 2.51. The van der Waals surface area contributed by atoms with Crippen LogP contribution in [0.5, 0.6) is 0 Å². The molecule has 17 heavy (non-hydrogen) atoms. The molecule has 3 N–H and O–H groups in total. The number of anilines is 2. The Hall–Kier alpha value is -2.15. The topological polar surface area (TPSA) is 90.0 Å². The summed E-state index contributed by atoms with van der Waals surface area (Å²) in [6.07, 6.45) is 1.54. The third-order valence-electron chi connectivity index (χ3n) is 2.10. The molecule has 2 aromatic heterocycles. The number of amides is 1. The molecular weight excluding hydrogens is 240 g/mol. The molecule has 1 amide bonds. The third-order valence-corrected chi connectivity index (χ3v) is 2.77. The Morgan fingerprint density at radius 1 is 1.53 bits per heavy atom. The van der Waals surface area contributed by atoms with E-state index in [2.05, 4.69) is 10.3 Å².